The molecule has 1 heterocycles. The van der Waals surface area contributed by atoms with Gasteiger partial charge in [0.1, 0.15) is 5.75 Å². The van der Waals surface area contributed by atoms with Crippen molar-refractivity contribution in [1.82, 2.24) is 9.55 Å². The summed E-state index contributed by atoms with van der Waals surface area (Å²) in [5.74, 6) is -0.233. The molecule has 0 amide bonds. The predicted octanol–water partition coefficient (Wildman–Crippen LogP) is 4.89. The van der Waals surface area contributed by atoms with Gasteiger partial charge in [-0.15, -0.1) is 0 Å². The lowest BCUT2D eigenvalue weighted by Crippen LogP contribution is -2.29. The maximum atomic E-state index is 13.1. The minimum Gasteiger partial charge on any atom is -0.495 e. The molecule has 0 atom stereocenters. The van der Waals surface area contributed by atoms with E-state index in [9.17, 15) is 9.59 Å². The van der Waals surface area contributed by atoms with Gasteiger partial charge in [-0.05, 0) is 81.1 Å². The predicted molar refractivity (Wildman–Crippen MR) is 114 cm³/mol. The maximum absolute atomic E-state index is 13.1. The molecule has 0 bridgehead atoms. The molecule has 0 fully saturated rings. The number of hydrogen-bond donors (Lipinski definition) is 1. The molecule has 0 spiro atoms. The van der Waals surface area contributed by atoms with Crippen LogP contribution in [0, 0.1) is 8.34 Å². The quantitative estimate of drug-likeness (QED) is 0.339. The largest absolute Gasteiger partial charge is 0.495 e. The minimum atomic E-state index is -0.564. The number of fused-ring (bicyclic) bond motifs is 1. The first-order valence-electron chi connectivity index (χ1n) is 6.86. The molecule has 3 aromatic rings. The fourth-order valence-electron chi connectivity index (χ4n) is 2.42. The Morgan fingerprint density at radius 1 is 1.28 bits per heavy atom. The van der Waals surface area contributed by atoms with Crippen LogP contribution < -0.4 is 10.3 Å². The van der Waals surface area contributed by atoms with E-state index in [0.29, 0.717) is 25.6 Å². The number of halogens is 3. The molecule has 1 N–H and O–H groups in total. The highest BCUT2D eigenvalue weighted by atomic mass is 127. The third kappa shape index (κ3) is 3.46. The lowest BCUT2D eigenvalue weighted by molar-refractivity contribution is 0.0950. The fourth-order valence-corrected chi connectivity index (χ4v) is 4.57. The molecule has 0 radical (unpaired) electrons. The van der Waals surface area contributed by atoms with Crippen molar-refractivity contribution in [2.45, 2.75) is 0 Å². The second-order valence-corrected chi connectivity index (χ2v) is 8.44. The normalized spacial score (nSPS) is 10.9. The highest BCUT2D eigenvalue weighted by molar-refractivity contribution is 14.1. The van der Waals surface area contributed by atoms with Crippen molar-refractivity contribution < 1.29 is 9.53 Å². The zero-order valence-electron chi connectivity index (χ0n) is 12.6. The lowest BCUT2D eigenvalue weighted by atomic mass is 10.2. The Morgan fingerprint density at radius 2 is 2.00 bits per heavy atom. The minimum absolute atomic E-state index is 0.0295. The number of nitrogens with one attached hydrogen (secondary N) is 1. The zero-order chi connectivity index (χ0) is 18.3. The van der Waals surface area contributed by atoms with Crippen molar-refractivity contribution in [3.63, 3.8) is 0 Å². The second kappa shape index (κ2) is 7.29. The van der Waals surface area contributed by atoms with Gasteiger partial charge in [-0.1, -0.05) is 15.9 Å². The molecule has 128 valence electrons. The van der Waals surface area contributed by atoms with Gasteiger partial charge in [-0.3, -0.25) is 9.59 Å². The summed E-state index contributed by atoms with van der Waals surface area (Å²) < 4.78 is 8.43. The summed E-state index contributed by atoms with van der Waals surface area (Å²) in [5, 5.41) is 0.391. The summed E-state index contributed by atoms with van der Waals surface area (Å²) in [6.07, 6.45) is 0. The third-order valence-corrected chi connectivity index (χ3v) is 5.51. The highest BCUT2D eigenvalue weighted by Crippen LogP contribution is 2.33. The van der Waals surface area contributed by atoms with Crippen LogP contribution in [-0.4, -0.2) is 22.6 Å². The van der Waals surface area contributed by atoms with Crippen molar-refractivity contribution in [1.29, 1.82) is 0 Å². The molecule has 25 heavy (non-hydrogen) atoms. The van der Waals surface area contributed by atoms with Gasteiger partial charge in [-0.25, -0.2) is 4.57 Å². The number of carbonyl (C=O) groups is 1. The number of aromatic nitrogens is 2. The van der Waals surface area contributed by atoms with E-state index in [2.05, 4.69) is 59.4 Å². The molecule has 1 aromatic heterocycles. The van der Waals surface area contributed by atoms with Crippen LogP contribution in [0.3, 0.4) is 0 Å². The molecule has 3 rings (SSSR count). The van der Waals surface area contributed by atoms with Crippen LogP contribution >= 0.6 is 66.7 Å². The molecule has 0 saturated carbocycles. The summed E-state index contributed by atoms with van der Waals surface area (Å²) in [5.41, 5.74) is 0.331. The molecular formula is C16H9Br2IN2O3S. The van der Waals surface area contributed by atoms with Gasteiger partial charge >= 0.3 is 0 Å². The number of nitrogens with zero attached hydrogens (tertiary/aromatic N) is 1. The van der Waals surface area contributed by atoms with Gasteiger partial charge in [0.25, 0.3) is 11.5 Å². The van der Waals surface area contributed by atoms with Gasteiger partial charge in [0.05, 0.1) is 28.0 Å². The highest BCUT2D eigenvalue weighted by Gasteiger charge is 2.21. The van der Waals surface area contributed by atoms with Gasteiger partial charge in [0.15, 0.2) is 4.77 Å². The van der Waals surface area contributed by atoms with Crippen LogP contribution in [0.1, 0.15) is 10.4 Å². The molecule has 5 nitrogen and oxygen atoms in total. The number of rotatable bonds is 2. The van der Waals surface area contributed by atoms with E-state index >= 15 is 0 Å². The van der Waals surface area contributed by atoms with Crippen LogP contribution in [0.4, 0.5) is 0 Å². The van der Waals surface area contributed by atoms with E-state index in [4.69, 9.17) is 17.0 Å². The van der Waals surface area contributed by atoms with Crippen molar-refractivity contribution >= 4 is 83.5 Å². The SMILES string of the molecule is COc1c(Br)cc(Br)cc1C(=O)n1c(=S)[nH]c2ccc(I)cc2c1=O. The Bertz CT molecular complexity index is 1140. The standard InChI is InChI=1S/C16H9Br2IN2O3S/c1-24-13-10(4-7(17)5-11(13)18)15(23)21-14(22)9-6-8(19)2-3-12(9)20-16(21)25/h2-6H,1H3,(H,20,25). The number of aromatic amines is 1. The van der Waals surface area contributed by atoms with Crippen molar-refractivity contribution in [2.75, 3.05) is 7.11 Å². The third-order valence-electron chi connectivity index (χ3n) is 3.51. The Balaban J connectivity index is 2.33. The first kappa shape index (κ1) is 18.7. The van der Waals surface area contributed by atoms with E-state index in [1.54, 1.807) is 24.3 Å². The topological polar surface area (TPSA) is 64.1 Å². The molecular weight excluding hydrogens is 587 g/mol. The first-order valence-corrected chi connectivity index (χ1v) is 9.93. The average molecular weight is 596 g/mol. The summed E-state index contributed by atoms with van der Waals surface area (Å²) in [6.45, 7) is 0. The Morgan fingerprint density at radius 3 is 2.68 bits per heavy atom. The molecule has 0 saturated heterocycles. The van der Waals surface area contributed by atoms with Crippen LogP contribution in [0.5, 0.6) is 5.75 Å². The van der Waals surface area contributed by atoms with Gasteiger partial charge in [0, 0.05) is 8.04 Å². The molecule has 0 aliphatic rings. The van der Waals surface area contributed by atoms with Gasteiger partial charge < -0.3 is 9.72 Å². The molecule has 0 aliphatic carbocycles. The molecule has 0 aliphatic heterocycles. The number of H-pyrrole nitrogens is 1. The van der Waals surface area contributed by atoms with E-state index < -0.39 is 11.5 Å². The van der Waals surface area contributed by atoms with Gasteiger partial charge in [0.2, 0.25) is 0 Å². The molecule has 9 heteroatoms. The van der Waals surface area contributed by atoms with Crippen molar-refractivity contribution in [2.24, 2.45) is 0 Å². The molecule has 2 aromatic carbocycles. The fraction of sp³-hybridized carbons (Fsp3) is 0.0625. The smallest absolute Gasteiger partial charge is 0.271 e. The summed E-state index contributed by atoms with van der Waals surface area (Å²) in [4.78, 5) is 28.9. The van der Waals surface area contributed by atoms with Crippen LogP contribution in [0.2, 0.25) is 0 Å². The number of benzene rings is 2. The van der Waals surface area contributed by atoms with E-state index in [-0.39, 0.29) is 10.3 Å². The summed E-state index contributed by atoms with van der Waals surface area (Å²) in [6, 6.07) is 8.67. The maximum Gasteiger partial charge on any atom is 0.271 e. The summed E-state index contributed by atoms with van der Waals surface area (Å²) >= 11 is 14.0. The van der Waals surface area contributed by atoms with Crippen molar-refractivity contribution in [3.8, 4) is 5.75 Å². The van der Waals surface area contributed by atoms with E-state index in [1.807, 2.05) is 6.07 Å². The van der Waals surface area contributed by atoms with Crippen molar-refractivity contribution in [3.05, 3.63) is 63.5 Å². The zero-order valence-corrected chi connectivity index (χ0v) is 18.7. The number of methoxy groups -OCH3 is 1. The Hall–Kier alpha value is -1.04. The van der Waals surface area contributed by atoms with E-state index in [1.165, 1.54) is 7.11 Å². The van der Waals surface area contributed by atoms with Crippen LogP contribution in [0.15, 0.2) is 44.1 Å². The van der Waals surface area contributed by atoms with Gasteiger partial charge in [-0.2, -0.15) is 0 Å². The van der Waals surface area contributed by atoms with Crippen LogP contribution in [-0.2, 0) is 0 Å². The van der Waals surface area contributed by atoms with E-state index in [0.717, 1.165) is 8.14 Å². The number of ether oxygens (including phenoxy) is 1. The number of hydrogen-bond acceptors (Lipinski definition) is 4. The van der Waals surface area contributed by atoms with Crippen LogP contribution in [0.25, 0.3) is 10.9 Å². The lowest BCUT2D eigenvalue weighted by Gasteiger charge is -2.12. The summed E-state index contributed by atoms with van der Waals surface area (Å²) in [7, 11) is 1.46. The number of carbonyl (C=O) groups excluding carboxylic acids is 1. The first-order chi connectivity index (χ1) is 11.8. The second-order valence-electron chi connectivity index (χ2n) is 5.03. The Labute approximate surface area is 177 Å². The monoisotopic (exact) mass is 594 g/mol. The molecule has 0 unspecified atom stereocenters. The Kier molecular flexibility index (Phi) is 5.47. The average Bonchev–Trinajstić information content (AvgIpc) is 2.55.